The molecule has 8 nitrogen and oxygen atoms in total. The Morgan fingerprint density at radius 1 is 1.07 bits per heavy atom. The van der Waals surface area contributed by atoms with E-state index in [0.717, 1.165) is 10.9 Å². The zero-order valence-corrected chi connectivity index (χ0v) is 15.7. The molecule has 8 heteroatoms. The standard InChI is InChI=1S/C16H17NO2.C5H5N3O2/c17-15(18)16(7-9-19-10-8-16)14-6-5-12-3-1-2-4-13(12)11-14;9-5(8-10)4-3-6-1-2-7-4/h1-6,11H,7-10H2,(H2,17,18);1-3,10H,(H,8,9). The summed E-state index contributed by atoms with van der Waals surface area (Å²) >= 11 is 0. The Bertz CT molecular complexity index is 988. The van der Waals surface area contributed by atoms with Crippen LogP contribution in [-0.2, 0) is 14.9 Å². The van der Waals surface area contributed by atoms with Crippen LogP contribution in [-0.4, -0.2) is 40.2 Å². The minimum atomic E-state index is -0.659. The fourth-order valence-electron chi connectivity index (χ4n) is 3.36. The molecule has 1 aliphatic heterocycles. The van der Waals surface area contributed by atoms with Gasteiger partial charge in [-0.1, -0.05) is 42.5 Å². The number of fused-ring (bicyclic) bond motifs is 1. The predicted molar refractivity (Wildman–Crippen MR) is 106 cm³/mol. The van der Waals surface area contributed by atoms with E-state index < -0.39 is 11.3 Å². The molecule has 4 rings (SSSR count). The molecule has 0 unspecified atom stereocenters. The molecule has 2 amide bonds. The third kappa shape index (κ3) is 4.56. The van der Waals surface area contributed by atoms with Crippen LogP contribution < -0.4 is 11.2 Å². The molecule has 29 heavy (non-hydrogen) atoms. The molecule has 1 aliphatic rings. The fraction of sp³-hybridized carbons (Fsp3) is 0.238. The van der Waals surface area contributed by atoms with E-state index in [0.29, 0.717) is 26.1 Å². The van der Waals surface area contributed by atoms with Gasteiger partial charge in [-0.25, -0.2) is 10.5 Å². The lowest BCUT2D eigenvalue weighted by atomic mass is 9.73. The quantitative estimate of drug-likeness (QED) is 0.460. The van der Waals surface area contributed by atoms with E-state index in [1.165, 1.54) is 29.5 Å². The van der Waals surface area contributed by atoms with Crippen molar-refractivity contribution in [1.29, 1.82) is 0 Å². The van der Waals surface area contributed by atoms with Crippen LogP contribution in [0.15, 0.2) is 61.1 Å². The Morgan fingerprint density at radius 2 is 1.79 bits per heavy atom. The van der Waals surface area contributed by atoms with Crippen molar-refractivity contribution >= 4 is 22.6 Å². The number of carbonyl (C=O) groups excluding carboxylic acids is 2. The van der Waals surface area contributed by atoms with Crippen LogP contribution >= 0.6 is 0 Å². The Balaban J connectivity index is 0.000000204. The highest BCUT2D eigenvalue weighted by atomic mass is 16.5. The van der Waals surface area contributed by atoms with Crippen molar-refractivity contribution in [2.45, 2.75) is 18.3 Å². The first kappa shape index (κ1) is 20.4. The number of rotatable bonds is 3. The number of nitrogens with zero attached hydrogens (tertiary/aromatic N) is 2. The van der Waals surface area contributed by atoms with E-state index >= 15 is 0 Å². The second-order valence-corrected chi connectivity index (χ2v) is 6.65. The summed E-state index contributed by atoms with van der Waals surface area (Å²) in [5.41, 5.74) is 7.66. The number of nitrogens with two attached hydrogens (primary N) is 1. The number of amides is 2. The molecule has 1 fully saturated rings. The van der Waals surface area contributed by atoms with E-state index in [4.69, 9.17) is 15.7 Å². The van der Waals surface area contributed by atoms with Crippen molar-refractivity contribution in [1.82, 2.24) is 15.4 Å². The summed E-state index contributed by atoms with van der Waals surface area (Å²) in [7, 11) is 0. The maximum absolute atomic E-state index is 12.0. The average Bonchev–Trinajstić information content (AvgIpc) is 2.79. The van der Waals surface area contributed by atoms with Gasteiger partial charge in [-0.05, 0) is 29.2 Å². The van der Waals surface area contributed by atoms with Gasteiger partial charge in [0.05, 0.1) is 11.6 Å². The zero-order chi connectivity index (χ0) is 20.7. The summed E-state index contributed by atoms with van der Waals surface area (Å²) in [6, 6.07) is 14.3. The molecule has 0 radical (unpaired) electrons. The van der Waals surface area contributed by atoms with E-state index in [2.05, 4.69) is 34.2 Å². The van der Waals surface area contributed by atoms with Gasteiger partial charge in [0.2, 0.25) is 5.91 Å². The van der Waals surface area contributed by atoms with E-state index in [9.17, 15) is 9.59 Å². The molecule has 0 spiro atoms. The highest BCUT2D eigenvalue weighted by molar-refractivity contribution is 5.91. The van der Waals surface area contributed by atoms with Crippen molar-refractivity contribution in [3.63, 3.8) is 0 Å². The van der Waals surface area contributed by atoms with Crippen molar-refractivity contribution in [2.75, 3.05) is 13.2 Å². The van der Waals surface area contributed by atoms with Gasteiger partial charge in [0.1, 0.15) is 5.69 Å². The van der Waals surface area contributed by atoms with Crippen LogP contribution in [0.5, 0.6) is 0 Å². The SMILES string of the molecule is NC(=O)C1(c2ccc3ccccc3c2)CCOCC1.O=C(NO)c1cnccn1. The molecular formula is C21H22N4O4. The number of hydroxylamine groups is 1. The molecule has 3 aromatic rings. The largest absolute Gasteiger partial charge is 0.381 e. The molecule has 0 saturated carbocycles. The first-order valence-electron chi connectivity index (χ1n) is 9.14. The summed E-state index contributed by atoms with van der Waals surface area (Å²) in [6.07, 6.45) is 5.39. The van der Waals surface area contributed by atoms with Crippen LogP contribution in [0.2, 0.25) is 0 Å². The Hall–Kier alpha value is -3.36. The molecule has 2 aromatic carbocycles. The van der Waals surface area contributed by atoms with E-state index in [1.54, 1.807) is 0 Å². The molecular weight excluding hydrogens is 372 g/mol. The van der Waals surface area contributed by atoms with Crippen LogP contribution in [0.1, 0.15) is 28.9 Å². The molecule has 0 bridgehead atoms. The summed E-state index contributed by atoms with van der Waals surface area (Å²) in [5, 5.41) is 10.4. The lowest BCUT2D eigenvalue weighted by Gasteiger charge is -2.34. The first-order chi connectivity index (χ1) is 14.1. The maximum Gasteiger partial charge on any atom is 0.294 e. The summed E-state index contributed by atoms with van der Waals surface area (Å²) < 4.78 is 5.38. The minimum absolute atomic E-state index is 0.0880. The van der Waals surface area contributed by atoms with Gasteiger partial charge in [0.25, 0.3) is 5.91 Å². The third-order valence-corrected chi connectivity index (χ3v) is 5.02. The first-order valence-corrected chi connectivity index (χ1v) is 9.14. The number of hydrogen-bond acceptors (Lipinski definition) is 6. The van der Waals surface area contributed by atoms with Gasteiger partial charge >= 0.3 is 0 Å². The van der Waals surface area contributed by atoms with E-state index in [1.807, 2.05) is 18.2 Å². The van der Waals surface area contributed by atoms with Crippen molar-refractivity contribution in [2.24, 2.45) is 5.73 Å². The van der Waals surface area contributed by atoms with Crippen LogP contribution in [0.3, 0.4) is 0 Å². The normalized spacial score (nSPS) is 15.1. The van der Waals surface area contributed by atoms with E-state index in [-0.39, 0.29) is 11.6 Å². The molecule has 1 saturated heterocycles. The Labute approximate surface area is 167 Å². The number of primary amides is 1. The number of ether oxygens (including phenoxy) is 1. The maximum atomic E-state index is 12.0. The average molecular weight is 394 g/mol. The summed E-state index contributed by atoms with van der Waals surface area (Å²) in [5.74, 6) is -0.904. The number of benzene rings is 2. The van der Waals surface area contributed by atoms with Gasteiger partial charge in [0.15, 0.2) is 0 Å². The number of hydrogen-bond donors (Lipinski definition) is 3. The minimum Gasteiger partial charge on any atom is -0.381 e. The van der Waals surface area contributed by atoms with Crippen molar-refractivity contribution in [3.8, 4) is 0 Å². The molecule has 0 atom stereocenters. The van der Waals surface area contributed by atoms with Gasteiger partial charge in [0, 0.05) is 25.6 Å². The van der Waals surface area contributed by atoms with Crippen molar-refractivity contribution in [3.05, 3.63) is 72.3 Å². The molecule has 1 aromatic heterocycles. The highest BCUT2D eigenvalue weighted by Gasteiger charge is 2.40. The third-order valence-electron chi connectivity index (χ3n) is 5.02. The molecule has 150 valence electrons. The zero-order valence-electron chi connectivity index (χ0n) is 15.7. The monoisotopic (exact) mass is 394 g/mol. The molecule has 4 N–H and O–H groups in total. The predicted octanol–water partition coefficient (Wildman–Crippen LogP) is 1.97. The molecule has 0 aliphatic carbocycles. The fourth-order valence-corrected chi connectivity index (χ4v) is 3.36. The smallest absolute Gasteiger partial charge is 0.294 e. The van der Waals surface area contributed by atoms with Gasteiger partial charge < -0.3 is 10.5 Å². The number of carbonyl (C=O) groups is 2. The van der Waals surface area contributed by atoms with Gasteiger partial charge in [-0.3, -0.25) is 19.8 Å². The van der Waals surface area contributed by atoms with Crippen LogP contribution in [0, 0.1) is 0 Å². The number of aromatic nitrogens is 2. The lowest BCUT2D eigenvalue weighted by molar-refractivity contribution is -0.127. The Kier molecular flexibility index (Phi) is 6.48. The van der Waals surface area contributed by atoms with Gasteiger partial charge in [-0.2, -0.15) is 0 Å². The lowest BCUT2D eigenvalue weighted by Crippen LogP contribution is -2.45. The molecule has 2 heterocycles. The van der Waals surface area contributed by atoms with Crippen molar-refractivity contribution < 1.29 is 19.5 Å². The Morgan fingerprint density at radius 3 is 2.41 bits per heavy atom. The topological polar surface area (TPSA) is 127 Å². The van der Waals surface area contributed by atoms with Crippen LogP contribution in [0.4, 0.5) is 0 Å². The number of nitrogens with one attached hydrogen (secondary N) is 1. The van der Waals surface area contributed by atoms with Gasteiger partial charge in [-0.15, -0.1) is 0 Å². The summed E-state index contributed by atoms with van der Waals surface area (Å²) in [6.45, 7) is 1.19. The summed E-state index contributed by atoms with van der Waals surface area (Å²) in [4.78, 5) is 29.8. The van der Waals surface area contributed by atoms with Crippen LogP contribution in [0.25, 0.3) is 10.8 Å². The second kappa shape index (κ2) is 9.22. The highest BCUT2D eigenvalue weighted by Crippen LogP contribution is 2.36. The second-order valence-electron chi connectivity index (χ2n) is 6.65.